The Balaban J connectivity index is 1.33. The van der Waals surface area contributed by atoms with E-state index in [1.54, 1.807) is 11.8 Å². The highest BCUT2D eigenvalue weighted by molar-refractivity contribution is 7.91. The van der Waals surface area contributed by atoms with Crippen molar-refractivity contribution in [3.63, 3.8) is 0 Å². The topological polar surface area (TPSA) is 121 Å². The number of ether oxygens (including phenoxy) is 2. The molecular formula is C23H29N5O4S. The molecule has 0 bridgehead atoms. The number of methoxy groups -OCH3 is 1. The lowest BCUT2D eigenvalue weighted by Crippen LogP contribution is -2.28. The average molecular weight is 472 g/mol. The number of aromatic nitrogens is 2. The Morgan fingerprint density at radius 2 is 2.24 bits per heavy atom. The lowest BCUT2D eigenvalue weighted by molar-refractivity contribution is 0.144. The second kappa shape index (κ2) is 7.54. The average Bonchev–Trinajstić information content (AvgIpc) is 3.15. The van der Waals surface area contributed by atoms with E-state index in [1.807, 2.05) is 0 Å². The zero-order valence-electron chi connectivity index (χ0n) is 18.8. The van der Waals surface area contributed by atoms with E-state index in [0.29, 0.717) is 25.6 Å². The smallest absolute Gasteiger partial charge is 0.354 e. The van der Waals surface area contributed by atoms with Crippen LogP contribution in [0.25, 0.3) is 0 Å². The zero-order valence-corrected chi connectivity index (χ0v) is 19.6. The Labute approximate surface area is 193 Å². The first-order valence-electron chi connectivity index (χ1n) is 11.6. The number of carbonyl (C=O) groups excluding carboxylic acids is 1. The van der Waals surface area contributed by atoms with E-state index in [9.17, 15) is 9.00 Å². The molecule has 3 aliphatic carbocycles. The van der Waals surface area contributed by atoms with Gasteiger partial charge < -0.3 is 14.8 Å². The number of nitrogens with two attached hydrogens (primary N) is 1. The Bertz CT molecular complexity index is 1270. The highest BCUT2D eigenvalue weighted by Gasteiger charge is 2.48. The number of hydrogen-bond donors (Lipinski definition) is 2. The maximum atomic E-state index is 13.3. The van der Waals surface area contributed by atoms with Crippen LogP contribution in [0.15, 0.2) is 21.5 Å². The minimum absolute atomic E-state index is 0.146. The van der Waals surface area contributed by atoms with Gasteiger partial charge in [-0.25, -0.2) is 18.8 Å². The van der Waals surface area contributed by atoms with Crippen molar-refractivity contribution in [1.82, 2.24) is 9.78 Å². The molecule has 0 saturated heterocycles. The predicted molar refractivity (Wildman–Crippen MR) is 123 cm³/mol. The van der Waals surface area contributed by atoms with Crippen molar-refractivity contribution >= 4 is 21.6 Å². The van der Waals surface area contributed by atoms with Gasteiger partial charge in [-0.3, -0.25) is 0 Å². The highest BCUT2D eigenvalue weighted by Crippen LogP contribution is 2.50. The summed E-state index contributed by atoms with van der Waals surface area (Å²) >= 11 is 0. The fourth-order valence-corrected chi connectivity index (χ4v) is 6.67. The number of anilines is 1. The van der Waals surface area contributed by atoms with Crippen LogP contribution in [0.3, 0.4) is 0 Å². The molecule has 2 atom stereocenters. The Hall–Kier alpha value is -2.43. The van der Waals surface area contributed by atoms with Crippen molar-refractivity contribution in [2.24, 2.45) is 14.9 Å². The van der Waals surface area contributed by atoms with Gasteiger partial charge in [-0.05, 0) is 67.2 Å². The number of urea groups is 1. The molecule has 6 rings (SSSR count). The number of aryl methyl sites for hydroxylation is 2. The molecule has 1 fully saturated rings. The van der Waals surface area contributed by atoms with E-state index in [-0.39, 0.29) is 16.2 Å². The first-order valence-corrected chi connectivity index (χ1v) is 13.2. The van der Waals surface area contributed by atoms with Gasteiger partial charge in [0.25, 0.3) is 0 Å². The number of amides is 2. The molecule has 0 unspecified atom stereocenters. The third-order valence-electron chi connectivity index (χ3n) is 7.55. The van der Waals surface area contributed by atoms with Gasteiger partial charge in [0.15, 0.2) is 9.92 Å². The zero-order chi connectivity index (χ0) is 22.8. The van der Waals surface area contributed by atoms with Gasteiger partial charge in [-0.2, -0.15) is 5.10 Å². The molecule has 2 aromatic rings. The van der Waals surface area contributed by atoms with Crippen LogP contribution >= 0.6 is 0 Å². The fourth-order valence-electron chi connectivity index (χ4n) is 5.66. The summed E-state index contributed by atoms with van der Waals surface area (Å²) in [6.07, 6.45) is 8.54. The van der Waals surface area contributed by atoms with Gasteiger partial charge in [0.1, 0.15) is 4.90 Å². The number of nitrogens with zero attached hydrogens (tertiary/aromatic N) is 3. The van der Waals surface area contributed by atoms with Crippen molar-refractivity contribution < 1.29 is 18.5 Å². The van der Waals surface area contributed by atoms with E-state index in [2.05, 4.69) is 20.8 Å². The molecule has 1 aromatic heterocycles. The second-order valence-electron chi connectivity index (χ2n) is 9.86. The van der Waals surface area contributed by atoms with Gasteiger partial charge in [-0.1, -0.05) is 6.07 Å². The first kappa shape index (κ1) is 21.1. The van der Waals surface area contributed by atoms with Crippen molar-refractivity contribution in [3.8, 4) is 5.88 Å². The number of hydrogen-bond acceptors (Lipinski definition) is 5. The van der Waals surface area contributed by atoms with Crippen LogP contribution in [0, 0.1) is 5.41 Å². The molecule has 1 aliphatic heterocycles. The normalized spacial score (nSPS) is 23.3. The molecule has 1 aromatic carbocycles. The summed E-state index contributed by atoms with van der Waals surface area (Å²) in [5, 5.41) is 13.4. The van der Waals surface area contributed by atoms with Crippen LogP contribution in [0.1, 0.15) is 53.9 Å². The Morgan fingerprint density at radius 3 is 3.03 bits per heavy atom. The minimum Gasteiger partial charge on any atom is -0.476 e. The van der Waals surface area contributed by atoms with Crippen LogP contribution in [0.5, 0.6) is 5.88 Å². The standard InChI is InChI=1S/C23H29N5O4S/c1-31-11-16-6-5-15-9-14-3-2-4-17(14)20(19(15)16)26-22(29)27-33(24,30)18-10-25-28-12-23(7-8-23)13-32-21(18)28/h9-10,16H,2-8,11-13H2,1H3,(H3,24,26,27,29,30)/t16-,33-/m0/s1. The van der Waals surface area contributed by atoms with E-state index in [0.717, 1.165) is 61.8 Å². The molecule has 4 aliphatic rings. The van der Waals surface area contributed by atoms with Crippen molar-refractivity contribution in [1.29, 1.82) is 0 Å². The quantitative estimate of drug-likeness (QED) is 0.710. The molecule has 2 amide bonds. The third-order valence-corrected chi connectivity index (χ3v) is 8.89. The molecule has 9 nitrogen and oxygen atoms in total. The van der Waals surface area contributed by atoms with Gasteiger partial charge in [-0.15, -0.1) is 4.36 Å². The summed E-state index contributed by atoms with van der Waals surface area (Å²) in [7, 11) is -1.82. The van der Waals surface area contributed by atoms with Crippen LogP contribution in [-0.2, 0) is 40.5 Å². The van der Waals surface area contributed by atoms with E-state index in [4.69, 9.17) is 14.6 Å². The molecule has 1 saturated carbocycles. The molecule has 10 heteroatoms. The van der Waals surface area contributed by atoms with Gasteiger partial charge in [0.05, 0.1) is 26.0 Å². The van der Waals surface area contributed by atoms with Crippen molar-refractivity contribution in [3.05, 3.63) is 34.5 Å². The van der Waals surface area contributed by atoms with E-state index < -0.39 is 15.9 Å². The molecule has 3 N–H and O–H groups in total. The molecule has 176 valence electrons. The fraction of sp³-hybridized carbons (Fsp3) is 0.565. The van der Waals surface area contributed by atoms with E-state index in [1.165, 1.54) is 17.3 Å². The van der Waals surface area contributed by atoms with Gasteiger partial charge in [0.2, 0.25) is 5.88 Å². The number of fused-ring (bicyclic) bond motifs is 3. The molecule has 2 heterocycles. The highest BCUT2D eigenvalue weighted by atomic mass is 32.2. The van der Waals surface area contributed by atoms with Gasteiger partial charge in [0, 0.05) is 24.1 Å². The SMILES string of the molecule is COC[C@@H]1CCc2cc3c(c(NC(=O)N=[S@](N)(=O)c4cnn5c4OCC4(CC4)C5)c21)CCC3. The summed E-state index contributed by atoms with van der Waals surface area (Å²) in [6.45, 7) is 1.87. The molecule has 33 heavy (non-hydrogen) atoms. The summed E-state index contributed by atoms with van der Waals surface area (Å²) in [6, 6.07) is 1.58. The van der Waals surface area contributed by atoms with Crippen LogP contribution in [0.2, 0.25) is 0 Å². The van der Waals surface area contributed by atoms with Crippen molar-refractivity contribution in [2.75, 3.05) is 25.6 Å². The summed E-state index contributed by atoms with van der Waals surface area (Å²) in [4.78, 5) is 13.2. The number of nitrogens with one attached hydrogen (secondary N) is 1. The summed E-state index contributed by atoms with van der Waals surface area (Å²) in [5.41, 5.74) is 5.79. The van der Waals surface area contributed by atoms with E-state index >= 15 is 0 Å². The minimum atomic E-state index is -3.52. The van der Waals surface area contributed by atoms with Gasteiger partial charge >= 0.3 is 6.03 Å². The molecule has 1 spiro atoms. The maximum Gasteiger partial charge on any atom is 0.354 e. The monoisotopic (exact) mass is 471 g/mol. The largest absolute Gasteiger partial charge is 0.476 e. The number of carbonyl (C=O) groups is 1. The lowest BCUT2D eigenvalue weighted by Gasteiger charge is -2.24. The lowest BCUT2D eigenvalue weighted by atomic mass is 9.94. The van der Waals surface area contributed by atoms with Crippen molar-refractivity contribution in [2.45, 2.75) is 62.3 Å². The predicted octanol–water partition coefficient (Wildman–Crippen LogP) is 3.15. The number of benzene rings is 1. The van der Waals surface area contributed by atoms with Crippen LogP contribution in [0.4, 0.5) is 10.5 Å². The Kier molecular flexibility index (Phi) is 4.83. The Morgan fingerprint density at radius 1 is 1.39 bits per heavy atom. The van der Waals surface area contributed by atoms with Crippen LogP contribution in [-0.4, -0.2) is 40.3 Å². The first-order chi connectivity index (χ1) is 15.9. The van der Waals surface area contributed by atoms with Crippen LogP contribution < -0.4 is 15.2 Å². The maximum absolute atomic E-state index is 13.3. The third kappa shape index (κ3) is 3.55. The molecular weight excluding hydrogens is 442 g/mol. The summed E-state index contributed by atoms with van der Waals surface area (Å²) in [5.74, 6) is 0.581. The number of rotatable bonds is 4. The summed E-state index contributed by atoms with van der Waals surface area (Å²) < 4.78 is 30.2. The molecule has 0 radical (unpaired) electrons. The second-order valence-corrected chi connectivity index (χ2v) is 11.6.